The third-order valence-corrected chi connectivity index (χ3v) is 7.69. The maximum absolute atomic E-state index is 12.4. The van der Waals surface area contributed by atoms with E-state index in [1.54, 1.807) is 0 Å². The second-order valence-electron chi connectivity index (χ2n) is 8.54. The van der Waals surface area contributed by atoms with Crippen molar-refractivity contribution in [3.8, 4) is 0 Å². The van der Waals surface area contributed by atoms with Crippen molar-refractivity contribution in [1.29, 1.82) is 0 Å². The van der Waals surface area contributed by atoms with Crippen molar-refractivity contribution in [3.63, 3.8) is 0 Å². The average molecular weight is 302 g/mol. The maximum Gasteiger partial charge on any atom is 0.167 e. The predicted octanol–water partition coefficient (Wildman–Crippen LogP) is 3.06. The van der Waals surface area contributed by atoms with Crippen molar-refractivity contribution < 1.29 is 14.7 Å². The van der Waals surface area contributed by atoms with E-state index in [9.17, 15) is 14.7 Å². The van der Waals surface area contributed by atoms with E-state index in [1.165, 1.54) is 5.57 Å². The largest absolute Gasteiger partial charge is 0.385 e. The van der Waals surface area contributed by atoms with Crippen molar-refractivity contribution in [1.82, 2.24) is 0 Å². The lowest BCUT2D eigenvalue weighted by Crippen LogP contribution is -2.50. The highest BCUT2D eigenvalue weighted by atomic mass is 16.3. The lowest BCUT2D eigenvalue weighted by atomic mass is 9.47. The molecule has 3 saturated carbocycles. The molecule has 0 aromatic heterocycles. The molecule has 3 heteroatoms. The summed E-state index contributed by atoms with van der Waals surface area (Å²) in [5.41, 5.74) is 1.20. The Balaban J connectivity index is 1.70. The lowest BCUT2D eigenvalue weighted by molar-refractivity contribution is -0.137. The van der Waals surface area contributed by atoms with Gasteiger partial charge in [0.1, 0.15) is 6.10 Å². The summed E-state index contributed by atoms with van der Waals surface area (Å²) in [4.78, 5) is 24.2. The van der Waals surface area contributed by atoms with Crippen molar-refractivity contribution in [2.45, 2.75) is 64.9 Å². The molecule has 120 valence electrons. The molecule has 0 radical (unpaired) electrons. The Morgan fingerprint density at radius 3 is 2.59 bits per heavy atom. The highest BCUT2D eigenvalue weighted by Gasteiger charge is 2.61. The summed E-state index contributed by atoms with van der Waals surface area (Å²) in [6.45, 7) is 4.43. The molecular weight excluding hydrogens is 276 g/mol. The van der Waals surface area contributed by atoms with Crippen LogP contribution in [0.1, 0.15) is 58.8 Å². The smallest absolute Gasteiger partial charge is 0.167 e. The van der Waals surface area contributed by atoms with Gasteiger partial charge < -0.3 is 5.11 Å². The molecule has 0 aromatic rings. The zero-order chi connectivity index (χ0) is 15.7. The summed E-state index contributed by atoms with van der Waals surface area (Å²) in [6.07, 6.45) is 7.54. The molecule has 3 fully saturated rings. The summed E-state index contributed by atoms with van der Waals surface area (Å²) >= 11 is 0. The Morgan fingerprint density at radius 1 is 1.05 bits per heavy atom. The van der Waals surface area contributed by atoms with Gasteiger partial charge in [0.15, 0.2) is 11.6 Å². The normalized spacial score (nSPS) is 51.0. The summed E-state index contributed by atoms with van der Waals surface area (Å²) in [5, 5.41) is 10.1. The van der Waals surface area contributed by atoms with Gasteiger partial charge in [-0.1, -0.05) is 19.4 Å². The van der Waals surface area contributed by atoms with Crippen LogP contribution in [-0.4, -0.2) is 22.8 Å². The molecule has 0 saturated heterocycles. The van der Waals surface area contributed by atoms with Crippen LogP contribution in [0.3, 0.4) is 0 Å². The summed E-state index contributed by atoms with van der Waals surface area (Å²) in [5.74, 6) is 1.83. The molecule has 2 unspecified atom stereocenters. The second kappa shape index (κ2) is 4.53. The van der Waals surface area contributed by atoms with Gasteiger partial charge in [-0.2, -0.15) is 0 Å². The Kier molecular flexibility index (Phi) is 3.01. The topological polar surface area (TPSA) is 54.4 Å². The predicted molar refractivity (Wildman–Crippen MR) is 83.1 cm³/mol. The molecule has 4 rings (SSSR count). The number of aliphatic hydroxyl groups is 1. The molecule has 0 amide bonds. The van der Waals surface area contributed by atoms with E-state index in [4.69, 9.17) is 0 Å². The molecule has 0 bridgehead atoms. The first-order chi connectivity index (χ1) is 10.4. The molecule has 0 aromatic carbocycles. The van der Waals surface area contributed by atoms with Gasteiger partial charge in [0.05, 0.1) is 0 Å². The number of carbonyl (C=O) groups excluding carboxylic acids is 2. The third-order valence-electron chi connectivity index (χ3n) is 7.69. The quantitative estimate of drug-likeness (QED) is 0.748. The lowest BCUT2D eigenvalue weighted by Gasteiger charge is -2.56. The van der Waals surface area contributed by atoms with E-state index < -0.39 is 6.10 Å². The highest BCUT2D eigenvalue weighted by molar-refractivity contribution is 5.92. The first kappa shape index (κ1) is 14.6. The Labute approximate surface area is 132 Å². The molecular formula is C19H26O3. The Morgan fingerprint density at radius 2 is 1.82 bits per heavy atom. The molecule has 22 heavy (non-hydrogen) atoms. The maximum atomic E-state index is 12.4. The number of Topliss-reactive ketones (excluding diaryl/α,β-unsaturated/α-hetero) is 1. The van der Waals surface area contributed by atoms with Crippen LogP contribution < -0.4 is 0 Å². The molecule has 6 atom stereocenters. The van der Waals surface area contributed by atoms with Crippen LogP contribution >= 0.6 is 0 Å². The molecule has 3 nitrogen and oxygen atoms in total. The van der Waals surface area contributed by atoms with Crippen LogP contribution in [-0.2, 0) is 9.59 Å². The fourth-order valence-corrected chi connectivity index (χ4v) is 6.35. The zero-order valence-corrected chi connectivity index (χ0v) is 13.6. The Hall–Kier alpha value is -0.960. The van der Waals surface area contributed by atoms with Gasteiger partial charge in [-0.15, -0.1) is 0 Å². The van der Waals surface area contributed by atoms with Crippen LogP contribution in [0.25, 0.3) is 0 Å². The molecule has 1 N–H and O–H groups in total. The molecule has 0 spiro atoms. The monoisotopic (exact) mass is 302 g/mol. The van der Waals surface area contributed by atoms with Crippen LogP contribution in [0.2, 0.25) is 0 Å². The number of hydrogen-bond donors (Lipinski definition) is 1. The minimum absolute atomic E-state index is 0.0845. The van der Waals surface area contributed by atoms with Crippen LogP contribution in [0.4, 0.5) is 0 Å². The van der Waals surface area contributed by atoms with Crippen molar-refractivity contribution in [3.05, 3.63) is 11.6 Å². The number of rotatable bonds is 0. The average Bonchev–Trinajstić information content (AvgIpc) is 2.72. The number of hydrogen-bond acceptors (Lipinski definition) is 3. The number of fused-ring (bicyclic) bond motifs is 5. The van der Waals surface area contributed by atoms with Crippen LogP contribution in [0.5, 0.6) is 0 Å². The fourth-order valence-electron chi connectivity index (χ4n) is 6.35. The van der Waals surface area contributed by atoms with E-state index in [0.717, 1.165) is 32.1 Å². The van der Waals surface area contributed by atoms with Crippen LogP contribution in [0.15, 0.2) is 11.6 Å². The van der Waals surface area contributed by atoms with Crippen molar-refractivity contribution >= 4 is 11.6 Å². The number of aliphatic hydroxyl groups excluding tert-OH is 1. The van der Waals surface area contributed by atoms with E-state index in [2.05, 4.69) is 13.8 Å². The van der Waals surface area contributed by atoms with Gasteiger partial charge in [0, 0.05) is 11.8 Å². The van der Waals surface area contributed by atoms with E-state index in [-0.39, 0.29) is 22.4 Å². The molecule has 4 aliphatic carbocycles. The zero-order valence-electron chi connectivity index (χ0n) is 13.6. The minimum atomic E-state index is -0.744. The summed E-state index contributed by atoms with van der Waals surface area (Å²) < 4.78 is 0. The van der Waals surface area contributed by atoms with Gasteiger partial charge in [-0.25, -0.2) is 0 Å². The molecule has 4 aliphatic rings. The standard InChI is InChI=1S/C19H26O3/c1-18-7-5-12(20)9-11(18)3-4-13-14(18)6-8-19(2)15(13)10-16(21)17(19)22/h9,13-16,21H,3-8,10H2,1-2H3/t13-,14?,15?,16+,18+,19+/m1/s1. The van der Waals surface area contributed by atoms with Gasteiger partial charge in [-0.3, -0.25) is 9.59 Å². The third kappa shape index (κ3) is 1.72. The SMILES string of the molecule is C[C@]12CCC(=O)C=C1CC[C@@H]1C2CC[C@]2(C)C(=O)[C@@H](O)CC12. The summed E-state index contributed by atoms with van der Waals surface area (Å²) in [7, 11) is 0. The van der Waals surface area contributed by atoms with Crippen molar-refractivity contribution in [2.24, 2.45) is 28.6 Å². The van der Waals surface area contributed by atoms with E-state index >= 15 is 0 Å². The fraction of sp³-hybridized carbons (Fsp3) is 0.789. The van der Waals surface area contributed by atoms with E-state index in [1.807, 2.05) is 6.08 Å². The van der Waals surface area contributed by atoms with Crippen LogP contribution in [0, 0.1) is 28.6 Å². The number of allylic oxidation sites excluding steroid dienone is 1. The molecule has 0 heterocycles. The first-order valence-electron chi connectivity index (χ1n) is 8.82. The summed E-state index contributed by atoms with van der Waals surface area (Å²) in [6, 6.07) is 0. The van der Waals surface area contributed by atoms with Gasteiger partial charge in [0.25, 0.3) is 0 Å². The van der Waals surface area contributed by atoms with Crippen molar-refractivity contribution in [2.75, 3.05) is 0 Å². The number of ketones is 2. The highest BCUT2D eigenvalue weighted by Crippen LogP contribution is 2.64. The van der Waals surface area contributed by atoms with Gasteiger partial charge in [-0.05, 0) is 67.8 Å². The Bertz CT molecular complexity index is 577. The second-order valence-corrected chi connectivity index (χ2v) is 8.54. The minimum Gasteiger partial charge on any atom is -0.385 e. The van der Waals surface area contributed by atoms with Gasteiger partial charge >= 0.3 is 0 Å². The van der Waals surface area contributed by atoms with Gasteiger partial charge in [0.2, 0.25) is 0 Å². The first-order valence-corrected chi connectivity index (χ1v) is 8.82. The molecule has 0 aliphatic heterocycles. The van der Waals surface area contributed by atoms with E-state index in [0.29, 0.717) is 30.6 Å². The number of carbonyl (C=O) groups is 2.